The predicted octanol–water partition coefficient (Wildman–Crippen LogP) is 0.902. The molecule has 0 spiro atoms. The summed E-state index contributed by atoms with van der Waals surface area (Å²) in [5.74, 6) is 0. The van der Waals surface area contributed by atoms with Crippen molar-refractivity contribution in [1.82, 2.24) is 4.98 Å². The second kappa shape index (κ2) is 3.65. The van der Waals surface area contributed by atoms with Crippen LogP contribution < -0.4 is 5.73 Å². The lowest BCUT2D eigenvalue weighted by Gasteiger charge is -2.22. The minimum atomic E-state index is -0.490. The van der Waals surface area contributed by atoms with Crippen molar-refractivity contribution in [3.05, 3.63) is 30.1 Å². The van der Waals surface area contributed by atoms with Crippen LogP contribution in [0.3, 0.4) is 0 Å². The normalized spacial score (nSPS) is 15.6. The van der Waals surface area contributed by atoms with Crippen molar-refractivity contribution in [1.29, 1.82) is 0 Å². The maximum absolute atomic E-state index is 5.96. The van der Waals surface area contributed by atoms with Gasteiger partial charge in [0.25, 0.3) is 0 Å². The summed E-state index contributed by atoms with van der Waals surface area (Å²) in [5, 5.41) is 0. The third-order valence-electron chi connectivity index (χ3n) is 1.69. The van der Waals surface area contributed by atoms with Crippen molar-refractivity contribution in [2.24, 2.45) is 5.73 Å². The number of pyridine rings is 1. The molecule has 0 saturated heterocycles. The summed E-state index contributed by atoms with van der Waals surface area (Å²) in [6.45, 7) is 2.38. The lowest BCUT2D eigenvalue weighted by atomic mass is 10.0. The summed E-state index contributed by atoms with van der Waals surface area (Å²) in [5.41, 5.74) is 6.32. The molecule has 2 N–H and O–H groups in total. The predicted molar refractivity (Wildman–Crippen MR) is 47.7 cm³/mol. The van der Waals surface area contributed by atoms with Crippen LogP contribution in [0.4, 0.5) is 0 Å². The molecule has 0 saturated carbocycles. The van der Waals surface area contributed by atoms with Gasteiger partial charge in [-0.1, -0.05) is 6.07 Å². The fourth-order valence-electron chi connectivity index (χ4n) is 1.07. The van der Waals surface area contributed by atoms with E-state index in [0.29, 0.717) is 6.61 Å². The van der Waals surface area contributed by atoms with Gasteiger partial charge in [-0.2, -0.15) is 0 Å². The molecule has 0 bridgehead atoms. The number of nitrogens with zero attached hydrogens (tertiary/aromatic N) is 1. The van der Waals surface area contributed by atoms with Crippen molar-refractivity contribution in [2.45, 2.75) is 12.5 Å². The molecule has 1 heterocycles. The van der Waals surface area contributed by atoms with Crippen LogP contribution in [-0.2, 0) is 10.3 Å². The molecule has 66 valence electrons. The molecule has 0 aliphatic rings. The van der Waals surface area contributed by atoms with Gasteiger partial charge in [0.2, 0.25) is 0 Å². The third-order valence-corrected chi connectivity index (χ3v) is 1.69. The van der Waals surface area contributed by atoms with Crippen molar-refractivity contribution in [2.75, 3.05) is 13.7 Å². The molecule has 1 unspecified atom stereocenters. The average Bonchev–Trinajstić information content (AvgIpc) is 2.06. The monoisotopic (exact) mass is 166 g/mol. The Morgan fingerprint density at radius 3 is 2.83 bits per heavy atom. The summed E-state index contributed by atoms with van der Waals surface area (Å²) in [4.78, 5) is 4.16. The highest BCUT2D eigenvalue weighted by Gasteiger charge is 2.21. The van der Waals surface area contributed by atoms with Crippen molar-refractivity contribution >= 4 is 0 Å². The highest BCUT2D eigenvalue weighted by molar-refractivity contribution is 5.13. The van der Waals surface area contributed by atoms with E-state index < -0.39 is 5.54 Å². The van der Waals surface area contributed by atoms with Crippen molar-refractivity contribution < 1.29 is 4.74 Å². The van der Waals surface area contributed by atoms with E-state index in [9.17, 15) is 0 Å². The molecule has 1 rings (SSSR count). The van der Waals surface area contributed by atoms with Gasteiger partial charge in [-0.3, -0.25) is 4.98 Å². The van der Waals surface area contributed by atoms with E-state index >= 15 is 0 Å². The third kappa shape index (κ3) is 2.03. The summed E-state index contributed by atoms with van der Waals surface area (Å²) in [7, 11) is 1.63. The first-order chi connectivity index (χ1) is 5.67. The van der Waals surface area contributed by atoms with Gasteiger partial charge in [0.1, 0.15) is 0 Å². The Morgan fingerprint density at radius 1 is 1.58 bits per heavy atom. The first-order valence-corrected chi connectivity index (χ1v) is 3.86. The molecule has 0 radical (unpaired) electrons. The molecule has 0 amide bonds. The number of methoxy groups -OCH3 is 1. The van der Waals surface area contributed by atoms with Crippen LogP contribution in [0.5, 0.6) is 0 Å². The van der Waals surface area contributed by atoms with Gasteiger partial charge in [-0.25, -0.2) is 0 Å². The van der Waals surface area contributed by atoms with E-state index in [1.807, 2.05) is 25.1 Å². The topological polar surface area (TPSA) is 48.1 Å². The number of nitrogens with two attached hydrogens (primary N) is 1. The summed E-state index contributed by atoms with van der Waals surface area (Å²) < 4.78 is 5.00. The Labute approximate surface area is 72.6 Å². The number of aromatic nitrogens is 1. The smallest absolute Gasteiger partial charge is 0.0791 e. The van der Waals surface area contributed by atoms with Crippen molar-refractivity contribution in [3.63, 3.8) is 0 Å². The van der Waals surface area contributed by atoms with Crippen LogP contribution in [0.2, 0.25) is 0 Å². The van der Waals surface area contributed by atoms with E-state index in [2.05, 4.69) is 4.98 Å². The molecule has 1 atom stereocenters. The zero-order valence-corrected chi connectivity index (χ0v) is 7.45. The average molecular weight is 166 g/mol. The van der Waals surface area contributed by atoms with Crippen LogP contribution in [0, 0.1) is 0 Å². The molecule has 0 aliphatic heterocycles. The van der Waals surface area contributed by atoms with Crippen LogP contribution in [-0.4, -0.2) is 18.7 Å². The largest absolute Gasteiger partial charge is 0.382 e. The zero-order chi connectivity index (χ0) is 9.03. The molecule has 0 aromatic carbocycles. The summed E-state index contributed by atoms with van der Waals surface area (Å²) in [6.07, 6.45) is 1.73. The first kappa shape index (κ1) is 9.16. The first-order valence-electron chi connectivity index (χ1n) is 3.86. The van der Waals surface area contributed by atoms with Crippen LogP contribution in [0.1, 0.15) is 12.6 Å². The van der Waals surface area contributed by atoms with Crippen LogP contribution in [0.25, 0.3) is 0 Å². The van der Waals surface area contributed by atoms with Gasteiger partial charge < -0.3 is 10.5 Å². The maximum atomic E-state index is 5.96. The number of rotatable bonds is 3. The number of hydrogen-bond donors (Lipinski definition) is 1. The van der Waals surface area contributed by atoms with Gasteiger partial charge in [-0.05, 0) is 19.1 Å². The quantitative estimate of drug-likeness (QED) is 0.725. The standard InChI is InChI=1S/C9H14N2O/c1-9(10,7-12-2)8-5-3-4-6-11-8/h3-6H,7,10H2,1-2H3. The van der Waals surface area contributed by atoms with Crippen LogP contribution >= 0.6 is 0 Å². The summed E-state index contributed by atoms with van der Waals surface area (Å²) >= 11 is 0. The number of ether oxygens (including phenoxy) is 1. The highest BCUT2D eigenvalue weighted by atomic mass is 16.5. The van der Waals surface area contributed by atoms with E-state index in [1.54, 1.807) is 13.3 Å². The molecule has 3 nitrogen and oxygen atoms in total. The van der Waals surface area contributed by atoms with Gasteiger partial charge in [0.15, 0.2) is 0 Å². The van der Waals surface area contributed by atoms with Gasteiger partial charge in [0.05, 0.1) is 17.8 Å². The zero-order valence-electron chi connectivity index (χ0n) is 7.45. The fourth-order valence-corrected chi connectivity index (χ4v) is 1.07. The maximum Gasteiger partial charge on any atom is 0.0791 e. The van der Waals surface area contributed by atoms with E-state index in [1.165, 1.54) is 0 Å². The summed E-state index contributed by atoms with van der Waals surface area (Å²) in [6, 6.07) is 5.69. The van der Waals surface area contributed by atoms with Gasteiger partial charge in [0, 0.05) is 13.3 Å². The molecule has 1 aromatic heterocycles. The second-order valence-corrected chi connectivity index (χ2v) is 3.07. The SMILES string of the molecule is COCC(C)(N)c1ccccn1. The minimum absolute atomic E-state index is 0.476. The molecule has 3 heteroatoms. The van der Waals surface area contributed by atoms with E-state index in [0.717, 1.165) is 5.69 Å². The number of hydrogen-bond acceptors (Lipinski definition) is 3. The van der Waals surface area contributed by atoms with Crippen molar-refractivity contribution in [3.8, 4) is 0 Å². The highest BCUT2D eigenvalue weighted by Crippen LogP contribution is 2.13. The lowest BCUT2D eigenvalue weighted by Crippen LogP contribution is -2.38. The van der Waals surface area contributed by atoms with Gasteiger partial charge >= 0.3 is 0 Å². The van der Waals surface area contributed by atoms with E-state index in [4.69, 9.17) is 10.5 Å². The molecule has 0 fully saturated rings. The Morgan fingerprint density at radius 2 is 2.33 bits per heavy atom. The van der Waals surface area contributed by atoms with Crippen LogP contribution in [0.15, 0.2) is 24.4 Å². The fraction of sp³-hybridized carbons (Fsp3) is 0.444. The molecular weight excluding hydrogens is 152 g/mol. The molecule has 12 heavy (non-hydrogen) atoms. The second-order valence-electron chi connectivity index (χ2n) is 3.07. The Balaban J connectivity index is 2.82. The molecule has 1 aromatic rings. The Hall–Kier alpha value is -0.930. The molecule has 0 aliphatic carbocycles. The Kier molecular flexibility index (Phi) is 2.78. The molecular formula is C9H14N2O. The lowest BCUT2D eigenvalue weighted by molar-refractivity contribution is 0.139. The van der Waals surface area contributed by atoms with E-state index in [-0.39, 0.29) is 0 Å². The van der Waals surface area contributed by atoms with Gasteiger partial charge in [-0.15, -0.1) is 0 Å². The minimum Gasteiger partial charge on any atom is -0.382 e. The Bertz CT molecular complexity index is 234.